The predicted octanol–water partition coefficient (Wildman–Crippen LogP) is 4.35. The second-order valence-corrected chi connectivity index (χ2v) is 10.1. The van der Waals surface area contributed by atoms with Crippen molar-refractivity contribution in [2.24, 2.45) is 5.73 Å². The number of pyridine rings is 1. The van der Waals surface area contributed by atoms with Crippen molar-refractivity contribution in [3.63, 3.8) is 0 Å². The number of aromatic amines is 1. The molecule has 1 atom stereocenters. The summed E-state index contributed by atoms with van der Waals surface area (Å²) in [5.74, 6) is -2.20. The van der Waals surface area contributed by atoms with E-state index in [1.807, 2.05) is 17.7 Å². The van der Waals surface area contributed by atoms with E-state index in [2.05, 4.69) is 30.6 Å². The molecule has 1 saturated carbocycles. The molecule has 0 saturated heterocycles. The molecule has 7 N–H and O–H groups in total. The Kier molecular flexibility index (Phi) is 22.4. The second kappa shape index (κ2) is 24.7. The van der Waals surface area contributed by atoms with Gasteiger partial charge in [-0.05, 0) is 38.3 Å². The minimum Gasteiger partial charge on any atom is -0.480 e. The lowest BCUT2D eigenvalue weighted by Gasteiger charge is -2.21. The third kappa shape index (κ3) is 14.7. The van der Waals surface area contributed by atoms with Crippen LogP contribution in [0, 0.1) is 11.8 Å². The minimum absolute atomic E-state index is 0.0473. The molecule has 0 bridgehead atoms. The molecule has 1 aliphatic rings. The summed E-state index contributed by atoms with van der Waals surface area (Å²) in [6, 6.07) is 1.74. The van der Waals surface area contributed by atoms with Crippen LogP contribution in [0.25, 0.3) is 22.0 Å². The molecule has 260 valence electrons. The first kappa shape index (κ1) is 42.6. The van der Waals surface area contributed by atoms with Crippen LogP contribution >= 0.6 is 11.3 Å². The molecular weight excluding hydrogens is 638 g/mol. The number of nitrogens with two attached hydrogens (primary N) is 1. The van der Waals surface area contributed by atoms with Gasteiger partial charge in [0, 0.05) is 44.1 Å². The molecule has 1 aliphatic carbocycles. The fraction of sp³-hybridized carbons (Fsp3) is 0.433. The lowest BCUT2D eigenvalue weighted by Crippen LogP contribution is -2.28. The van der Waals surface area contributed by atoms with Crippen molar-refractivity contribution in [1.29, 1.82) is 0 Å². The number of hydrogen-bond acceptors (Lipinski definition) is 12. The predicted molar refractivity (Wildman–Crippen MR) is 176 cm³/mol. The smallest absolute Gasteiger partial charge is 0.320 e. The highest BCUT2D eigenvalue weighted by Crippen LogP contribution is 2.33. The Morgan fingerprint density at radius 1 is 1.19 bits per heavy atom. The number of nitrogens with one attached hydrogen (secondary N) is 2. The number of carboxylic acid groups (broad SMARTS) is 1. The summed E-state index contributed by atoms with van der Waals surface area (Å²) < 4.78 is 29.1. The summed E-state index contributed by atoms with van der Waals surface area (Å²) >= 11 is 1.43. The number of aromatic nitrogens is 6. The van der Waals surface area contributed by atoms with Crippen molar-refractivity contribution in [1.82, 2.24) is 29.9 Å². The molecule has 14 nitrogen and oxygen atoms in total. The van der Waals surface area contributed by atoms with Gasteiger partial charge < -0.3 is 31.2 Å². The van der Waals surface area contributed by atoms with Crippen molar-refractivity contribution < 1.29 is 38.5 Å². The highest BCUT2D eigenvalue weighted by atomic mass is 32.1. The van der Waals surface area contributed by atoms with E-state index in [-0.39, 0.29) is 12.3 Å². The molecule has 0 radical (unpaired) electrons. The van der Waals surface area contributed by atoms with E-state index in [9.17, 15) is 18.4 Å². The van der Waals surface area contributed by atoms with Crippen molar-refractivity contribution in [2.75, 3.05) is 26.1 Å². The monoisotopic (exact) mass is 682 g/mol. The molecule has 1 fully saturated rings. The van der Waals surface area contributed by atoms with Crippen LogP contribution in [-0.4, -0.2) is 91.1 Å². The summed E-state index contributed by atoms with van der Waals surface area (Å²) in [7, 11) is 2.74. The number of nitrogens with zero attached hydrogens (tertiary/aromatic N) is 5. The minimum atomic E-state index is -0.928. The number of aliphatic carboxylic acids is 1. The average Bonchev–Trinajstić information content (AvgIpc) is 3.90. The van der Waals surface area contributed by atoms with Crippen LogP contribution in [-0.2, 0) is 9.59 Å². The molecule has 0 amide bonds. The SMILES string of the molecule is C=O.CCC(N)C(=O)O.CCO.CNc1cn(C2CCCCC2)nc1-c1nc(F)ccc1F.CO.O=Cc1csc(-c2cn[nH]c2)n1. The van der Waals surface area contributed by atoms with Gasteiger partial charge >= 0.3 is 5.97 Å². The Hall–Kier alpha value is -4.45. The van der Waals surface area contributed by atoms with Crippen LogP contribution in [0.1, 0.15) is 68.9 Å². The van der Waals surface area contributed by atoms with Gasteiger partial charge in [0.15, 0.2) is 12.1 Å². The maximum atomic E-state index is 13.9. The van der Waals surface area contributed by atoms with Gasteiger partial charge in [0.1, 0.15) is 34.9 Å². The van der Waals surface area contributed by atoms with Gasteiger partial charge in [-0.15, -0.1) is 11.3 Å². The zero-order chi connectivity index (χ0) is 35.8. The number of aliphatic hydroxyl groups is 2. The number of carboxylic acids is 1. The van der Waals surface area contributed by atoms with Crippen molar-refractivity contribution in [3.8, 4) is 22.0 Å². The number of halogens is 2. The van der Waals surface area contributed by atoms with E-state index < -0.39 is 23.8 Å². The number of carbonyl (C=O) groups excluding carboxylic acids is 2. The molecule has 5 rings (SSSR count). The van der Waals surface area contributed by atoms with Crippen molar-refractivity contribution >= 4 is 36.1 Å². The van der Waals surface area contributed by atoms with Gasteiger partial charge in [0.2, 0.25) is 5.95 Å². The number of H-pyrrole nitrogens is 1. The largest absolute Gasteiger partial charge is 0.480 e. The Balaban J connectivity index is 0.000000688. The summed E-state index contributed by atoms with van der Waals surface area (Å²) in [5, 5.41) is 39.1. The zero-order valence-electron chi connectivity index (χ0n) is 26.9. The highest BCUT2D eigenvalue weighted by Gasteiger charge is 2.21. The first-order valence-corrected chi connectivity index (χ1v) is 15.4. The molecule has 0 aliphatic heterocycles. The zero-order valence-corrected chi connectivity index (χ0v) is 27.7. The van der Waals surface area contributed by atoms with Crippen LogP contribution in [0.2, 0.25) is 0 Å². The van der Waals surface area contributed by atoms with E-state index >= 15 is 0 Å². The maximum absolute atomic E-state index is 13.9. The molecule has 4 aromatic heterocycles. The first-order chi connectivity index (χ1) is 22.7. The number of hydrogen-bond donors (Lipinski definition) is 6. The number of rotatable bonds is 7. The molecule has 1 unspecified atom stereocenters. The van der Waals surface area contributed by atoms with Gasteiger partial charge in [-0.25, -0.2) is 14.4 Å². The first-order valence-electron chi connectivity index (χ1n) is 14.5. The number of carbonyl (C=O) groups is 3. The Morgan fingerprint density at radius 3 is 2.30 bits per heavy atom. The number of aldehydes is 1. The van der Waals surface area contributed by atoms with Gasteiger partial charge in [-0.1, -0.05) is 26.2 Å². The molecule has 0 aromatic carbocycles. The second-order valence-electron chi connectivity index (χ2n) is 9.23. The standard InChI is InChI=1S/C15H18F2N4.C7H5N3OS.C4H9NO2.C2H6O.CH4O.CH2O/c1-18-12-9-21(10-5-3-2-4-6-10)20-15(12)14-11(16)7-8-13(17)19-14;11-3-6-4-12-7(10-6)5-1-8-9-2-5;1-2-3(5)4(6)7;1-2-3;2*1-2/h7-10,18H,2-6H2,1H3;1-4H,(H,8,9);3H,2,5H2,1H3,(H,6,7);3H,2H2,1H3;2H,1H3;1H2. The van der Waals surface area contributed by atoms with Crippen LogP contribution in [0.5, 0.6) is 0 Å². The van der Waals surface area contributed by atoms with Crippen molar-refractivity contribution in [2.45, 2.75) is 64.5 Å². The topological polar surface area (TPSA) is 222 Å². The van der Waals surface area contributed by atoms with Crippen LogP contribution < -0.4 is 11.1 Å². The fourth-order valence-electron chi connectivity index (χ4n) is 3.88. The molecule has 4 heterocycles. The summed E-state index contributed by atoms with van der Waals surface area (Å²) in [4.78, 5) is 35.8. The molecular formula is C30H44F2N8O6S. The molecule has 17 heteroatoms. The lowest BCUT2D eigenvalue weighted by molar-refractivity contribution is -0.138. The number of anilines is 1. The average molecular weight is 683 g/mol. The molecule has 0 spiro atoms. The third-order valence-electron chi connectivity index (χ3n) is 6.13. The quantitative estimate of drug-likeness (QED) is 0.118. The normalized spacial score (nSPS) is 12.4. The van der Waals surface area contributed by atoms with Gasteiger partial charge in [0.05, 0.1) is 17.9 Å². The van der Waals surface area contributed by atoms with E-state index in [0.717, 1.165) is 48.9 Å². The summed E-state index contributed by atoms with van der Waals surface area (Å²) in [5.41, 5.74) is 7.37. The number of aliphatic hydroxyl groups excluding tert-OH is 2. The van der Waals surface area contributed by atoms with E-state index in [1.165, 1.54) is 30.6 Å². The van der Waals surface area contributed by atoms with E-state index in [0.29, 0.717) is 29.5 Å². The van der Waals surface area contributed by atoms with Crippen LogP contribution in [0.3, 0.4) is 0 Å². The summed E-state index contributed by atoms with van der Waals surface area (Å²) in [6.45, 7) is 5.67. The Bertz CT molecular complexity index is 1420. The highest BCUT2D eigenvalue weighted by molar-refractivity contribution is 7.13. The Labute approximate surface area is 276 Å². The molecule has 4 aromatic rings. The van der Waals surface area contributed by atoms with Gasteiger partial charge in [0.25, 0.3) is 0 Å². The third-order valence-corrected chi connectivity index (χ3v) is 7.04. The maximum Gasteiger partial charge on any atom is 0.320 e. The summed E-state index contributed by atoms with van der Waals surface area (Å²) in [6.07, 6.45) is 12.3. The fourth-order valence-corrected chi connectivity index (χ4v) is 4.63. The number of thiazole rings is 1. The van der Waals surface area contributed by atoms with Gasteiger partial charge in [-0.3, -0.25) is 19.4 Å². The van der Waals surface area contributed by atoms with E-state index in [4.69, 9.17) is 25.8 Å². The molecule has 47 heavy (non-hydrogen) atoms. The van der Waals surface area contributed by atoms with Gasteiger partial charge in [-0.2, -0.15) is 14.6 Å². The van der Waals surface area contributed by atoms with E-state index in [1.54, 1.807) is 38.7 Å². The Morgan fingerprint density at radius 2 is 1.83 bits per heavy atom. The van der Waals surface area contributed by atoms with Crippen molar-refractivity contribution in [3.05, 3.63) is 53.6 Å². The lowest BCUT2D eigenvalue weighted by atomic mass is 9.96. The van der Waals surface area contributed by atoms with Crippen LogP contribution in [0.4, 0.5) is 14.5 Å². The van der Waals surface area contributed by atoms with Crippen LogP contribution in [0.15, 0.2) is 36.1 Å².